The van der Waals surface area contributed by atoms with E-state index >= 15 is 0 Å². The Kier molecular flexibility index (Phi) is 8.30. The maximum atomic E-state index is 13.8. The Labute approximate surface area is 269 Å². The number of ether oxygens (including phenoxy) is 1. The first-order chi connectivity index (χ1) is 21.8. The minimum Gasteiger partial charge on any atom is -0.457 e. The zero-order valence-electron chi connectivity index (χ0n) is 26.8. The van der Waals surface area contributed by atoms with Gasteiger partial charge < -0.3 is 24.6 Å². The van der Waals surface area contributed by atoms with Gasteiger partial charge in [0.05, 0.1) is 10.5 Å². The Bertz CT molecular complexity index is 2050. The standard InChI is InChI=1S/C36H40N4O5S/c1-24-6-13-29(14-7-24)46(43,44)40-21-18-30-32(23-38(4)35(41)34(30)40)31-22-25(36(2,3)42)8-15-33(31)45-28-11-9-26(10-12-28)39(5)27-16-19-37-20-17-27/h6-15,18,21-23,27,37,42H,16-17,19-20H2,1-5H3. The average Bonchev–Trinajstić information content (AvgIpc) is 3.50. The van der Waals surface area contributed by atoms with Crippen LogP contribution in [0, 0.1) is 6.92 Å². The second-order valence-corrected chi connectivity index (χ2v) is 14.4. The molecule has 5 aromatic rings. The Balaban J connectivity index is 1.45. The first kappa shape index (κ1) is 31.6. The number of hydrogen-bond donors (Lipinski definition) is 2. The highest BCUT2D eigenvalue weighted by atomic mass is 32.2. The van der Waals surface area contributed by atoms with Crippen molar-refractivity contribution in [2.24, 2.45) is 7.05 Å². The van der Waals surface area contributed by atoms with Crippen molar-refractivity contribution in [2.75, 3.05) is 25.0 Å². The number of hydrogen-bond acceptors (Lipinski definition) is 7. The number of nitrogens with one attached hydrogen (secondary N) is 1. The largest absolute Gasteiger partial charge is 0.457 e. The van der Waals surface area contributed by atoms with Gasteiger partial charge in [-0.25, -0.2) is 12.4 Å². The normalized spacial score (nSPS) is 14.5. The van der Waals surface area contributed by atoms with Gasteiger partial charge in [0.1, 0.15) is 17.0 Å². The van der Waals surface area contributed by atoms with Crippen LogP contribution in [0.5, 0.6) is 11.5 Å². The second kappa shape index (κ2) is 12.1. The number of rotatable bonds is 8. The number of nitrogens with zero attached hydrogens (tertiary/aromatic N) is 3. The van der Waals surface area contributed by atoms with E-state index in [-0.39, 0.29) is 10.4 Å². The lowest BCUT2D eigenvalue weighted by molar-refractivity contribution is 0.0786. The lowest BCUT2D eigenvalue weighted by atomic mass is 9.93. The van der Waals surface area contributed by atoms with Crippen molar-refractivity contribution in [2.45, 2.75) is 50.2 Å². The smallest absolute Gasteiger partial charge is 0.275 e. The van der Waals surface area contributed by atoms with Crippen molar-refractivity contribution in [3.63, 3.8) is 0 Å². The fourth-order valence-electron chi connectivity index (χ4n) is 6.06. The van der Waals surface area contributed by atoms with Gasteiger partial charge in [0, 0.05) is 54.7 Å². The van der Waals surface area contributed by atoms with E-state index in [0.717, 1.165) is 41.2 Å². The van der Waals surface area contributed by atoms with E-state index in [4.69, 9.17) is 4.74 Å². The van der Waals surface area contributed by atoms with Crippen LogP contribution in [0.2, 0.25) is 0 Å². The highest BCUT2D eigenvalue weighted by Crippen LogP contribution is 2.40. The number of aromatic nitrogens is 2. The van der Waals surface area contributed by atoms with Crippen molar-refractivity contribution < 1.29 is 18.3 Å². The number of aryl methyl sites for hydroxylation is 2. The molecule has 1 aliphatic heterocycles. The summed E-state index contributed by atoms with van der Waals surface area (Å²) in [6.45, 7) is 7.31. The molecule has 0 aliphatic carbocycles. The molecule has 240 valence electrons. The van der Waals surface area contributed by atoms with E-state index in [1.54, 1.807) is 63.5 Å². The van der Waals surface area contributed by atoms with E-state index in [9.17, 15) is 18.3 Å². The van der Waals surface area contributed by atoms with Gasteiger partial charge in [0.15, 0.2) is 0 Å². The molecule has 0 bridgehead atoms. The molecule has 3 heterocycles. The lowest BCUT2D eigenvalue weighted by Crippen LogP contribution is -2.41. The van der Waals surface area contributed by atoms with Crippen molar-refractivity contribution in [3.05, 3.63) is 107 Å². The molecule has 1 saturated heterocycles. The quantitative estimate of drug-likeness (QED) is 0.222. The molecule has 0 spiro atoms. The molecule has 6 rings (SSSR count). The summed E-state index contributed by atoms with van der Waals surface area (Å²) in [7, 11) is -0.345. The fraction of sp³-hybridized carbons (Fsp3) is 0.306. The summed E-state index contributed by atoms with van der Waals surface area (Å²) in [5.41, 5.74) is 2.31. The highest BCUT2D eigenvalue weighted by molar-refractivity contribution is 7.90. The first-order valence-corrected chi connectivity index (χ1v) is 16.9. The number of pyridine rings is 1. The second-order valence-electron chi connectivity index (χ2n) is 12.6. The van der Waals surface area contributed by atoms with Gasteiger partial charge in [0.2, 0.25) is 0 Å². The molecule has 0 saturated carbocycles. The van der Waals surface area contributed by atoms with Crippen LogP contribution < -0.4 is 20.5 Å². The van der Waals surface area contributed by atoms with Crippen LogP contribution >= 0.6 is 0 Å². The summed E-state index contributed by atoms with van der Waals surface area (Å²) in [4.78, 5) is 15.9. The van der Waals surface area contributed by atoms with Crippen molar-refractivity contribution in [3.8, 4) is 22.6 Å². The Hall–Kier alpha value is -4.38. The maximum absolute atomic E-state index is 13.8. The van der Waals surface area contributed by atoms with Crippen molar-refractivity contribution in [1.82, 2.24) is 13.9 Å². The lowest BCUT2D eigenvalue weighted by Gasteiger charge is -2.33. The summed E-state index contributed by atoms with van der Waals surface area (Å²) in [5.74, 6) is 1.13. The summed E-state index contributed by atoms with van der Waals surface area (Å²) in [6, 6.07) is 22.1. The molecule has 0 amide bonds. The Morgan fingerprint density at radius 2 is 1.63 bits per heavy atom. The Morgan fingerprint density at radius 1 is 0.957 bits per heavy atom. The van der Waals surface area contributed by atoms with Gasteiger partial charge in [-0.05, 0) is 107 Å². The fourth-order valence-corrected chi connectivity index (χ4v) is 7.40. The molecule has 9 nitrogen and oxygen atoms in total. The highest BCUT2D eigenvalue weighted by Gasteiger charge is 2.26. The van der Waals surface area contributed by atoms with Crippen molar-refractivity contribution in [1.29, 1.82) is 0 Å². The number of aliphatic hydroxyl groups is 1. The maximum Gasteiger partial charge on any atom is 0.275 e. The van der Waals surface area contributed by atoms with Gasteiger partial charge in [-0.2, -0.15) is 0 Å². The third kappa shape index (κ3) is 5.95. The zero-order chi connectivity index (χ0) is 32.8. The molecular weight excluding hydrogens is 600 g/mol. The molecule has 2 aromatic heterocycles. The SMILES string of the molecule is Cc1ccc(S(=O)(=O)n2ccc3c(-c4cc(C(C)(C)O)ccc4Oc4ccc(N(C)C5CCNCC5)cc4)cn(C)c(=O)c32)cc1. The van der Waals surface area contributed by atoms with E-state index < -0.39 is 21.2 Å². The number of anilines is 1. The molecular formula is C36H40N4O5S. The van der Waals surface area contributed by atoms with E-state index in [0.29, 0.717) is 39.6 Å². The third-order valence-corrected chi connectivity index (χ3v) is 10.6. The minimum absolute atomic E-state index is 0.0329. The zero-order valence-corrected chi connectivity index (χ0v) is 27.6. The predicted molar refractivity (Wildman–Crippen MR) is 182 cm³/mol. The average molecular weight is 641 g/mol. The monoisotopic (exact) mass is 640 g/mol. The van der Waals surface area contributed by atoms with Crippen LogP contribution in [0.4, 0.5) is 5.69 Å². The molecule has 0 atom stereocenters. The van der Waals surface area contributed by atoms with Gasteiger partial charge in [-0.15, -0.1) is 0 Å². The summed E-state index contributed by atoms with van der Waals surface area (Å²) < 4.78 is 36.4. The summed E-state index contributed by atoms with van der Waals surface area (Å²) in [6.07, 6.45) is 5.28. The van der Waals surface area contributed by atoms with Crippen LogP contribution in [0.1, 0.15) is 37.8 Å². The molecule has 46 heavy (non-hydrogen) atoms. The molecule has 2 N–H and O–H groups in total. The molecule has 10 heteroatoms. The number of fused-ring (bicyclic) bond motifs is 1. The van der Waals surface area contributed by atoms with E-state index in [2.05, 4.69) is 17.3 Å². The van der Waals surface area contributed by atoms with Gasteiger partial charge >= 0.3 is 0 Å². The molecule has 0 radical (unpaired) electrons. The molecule has 0 unspecified atom stereocenters. The topological polar surface area (TPSA) is 106 Å². The van der Waals surface area contributed by atoms with Crippen molar-refractivity contribution >= 4 is 26.6 Å². The summed E-state index contributed by atoms with van der Waals surface area (Å²) in [5, 5.41) is 14.8. The molecule has 1 aliphatic rings. The van der Waals surface area contributed by atoms with Gasteiger partial charge in [0.25, 0.3) is 15.6 Å². The van der Waals surface area contributed by atoms with Crippen LogP contribution in [0.3, 0.4) is 0 Å². The van der Waals surface area contributed by atoms with Crippen LogP contribution in [0.25, 0.3) is 22.0 Å². The van der Waals surface area contributed by atoms with E-state index in [1.807, 2.05) is 43.3 Å². The third-order valence-electron chi connectivity index (χ3n) is 8.87. The van der Waals surface area contributed by atoms with E-state index in [1.165, 1.54) is 10.8 Å². The van der Waals surface area contributed by atoms with Crippen LogP contribution in [0.15, 0.2) is 94.9 Å². The van der Waals surface area contributed by atoms with Crippen LogP contribution in [-0.4, -0.2) is 48.2 Å². The Morgan fingerprint density at radius 3 is 2.28 bits per heavy atom. The van der Waals surface area contributed by atoms with Crippen LogP contribution in [-0.2, 0) is 22.7 Å². The predicted octanol–water partition coefficient (Wildman–Crippen LogP) is 5.76. The summed E-state index contributed by atoms with van der Waals surface area (Å²) >= 11 is 0. The van der Waals surface area contributed by atoms with Gasteiger partial charge in [-0.1, -0.05) is 23.8 Å². The number of piperidine rings is 1. The minimum atomic E-state index is -4.06. The van der Waals surface area contributed by atoms with Gasteiger partial charge in [-0.3, -0.25) is 4.79 Å². The molecule has 3 aromatic carbocycles. The molecule has 1 fully saturated rings. The number of benzene rings is 3. The first-order valence-electron chi connectivity index (χ1n) is 15.5.